The summed E-state index contributed by atoms with van der Waals surface area (Å²) in [6.45, 7) is 1.21. The van der Waals surface area contributed by atoms with Crippen molar-refractivity contribution in [2.24, 2.45) is 0 Å². The molecule has 1 atom stereocenters. The maximum atomic E-state index is 11.1. The van der Waals surface area contributed by atoms with Crippen LogP contribution in [-0.2, 0) is 11.3 Å². The molecule has 0 radical (unpaired) electrons. The molecular weight excluding hydrogens is 270 g/mol. The van der Waals surface area contributed by atoms with Gasteiger partial charge in [-0.25, -0.2) is 0 Å². The number of aliphatic carboxylic acids is 1. The van der Waals surface area contributed by atoms with E-state index >= 15 is 0 Å². The molecule has 1 aromatic rings. The quantitative estimate of drug-likeness (QED) is 0.897. The van der Waals surface area contributed by atoms with Crippen molar-refractivity contribution in [3.63, 3.8) is 0 Å². The van der Waals surface area contributed by atoms with Crippen molar-refractivity contribution in [1.82, 2.24) is 14.5 Å². The van der Waals surface area contributed by atoms with Gasteiger partial charge < -0.3 is 5.11 Å². The first-order valence-corrected chi connectivity index (χ1v) is 7.00. The minimum Gasteiger partial charge on any atom is -0.480 e. The average molecular weight is 280 g/mol. The number of hydrogen-bond donors (Lipinski definition) is 1. The van der Waals surface area contributed by atoms with Crippen LogP contribution in [0, 0.1) is 0 Å². The smallest absolute Gasteiger partial charge is 0.321 e. The number of nitrogens with zero attached hydrogens (tertiary/aromatic N) is 3. The van der Waals surface area contributed by atoms with Gasteiger partial charge in [0.25, 0.3) is 0 Å². The lowest BCUT2D eigenvalue weighted by Crippen LogP contribution is -2.46. The van der Waals surface area contributed by atoms with Crippen LogP contribution in [-0.4, -0.2) is 49.7 Å². The number of thioether (sulfide) groups is 1. The molecule has 1 fully saturated rings. The molecule has 0 aliphatic carbocycles. The summed E-state index contributed by atoms with van der Waals surface area (Å²) < 4.78 is 4.28. The topological polar surface area (TPSA) is 66.3 Å². The molecule has 0 amide bonds. The van der Waals surface area contributed by atoms with E-state index in [4.69, 9.17) is 16.7 Å². The average Bonchev–Trinajstić information content (AvgIpc) is 2.65. The number of carboxylic acids is 1. The summed E-state index contributed by atoms with van der Waals surface area (Å²) in [6.07, 6.45) is 0. The highest BCUT2D eigenvalue weighted by Gasteiger charge is 2.29. The molecule has 1 aliphatic rings. The van der Waals surface area contributed by atoms with Crippen LogP contribution in [0.2, 0.25) is 4.34 Å². The Kier molecular flexibility index (Phi) is 4.01. The molecule has 1 aromatic heterocycles. The first kappa shape index (κ1) is 12.1. The molecule has 1 saturated heterocycles. The van der Waals surface area contributed by atoms with Crippen LogP contribution in [0.5, 0.6) is 0 Å². The van der Waals surface area contributed by atoms with Gasteiger partial charge in [-0.3, -0.25) is 9.69 Å². The van der Waals surface area contributed by atoms with E-state index in [9.17, 15) is 4.79 Å². The standard InChI is InChI=1S/C8H10ClN3O2S2/c9-7-5(10-11-16-7)3-12-1-2-15-4-6(12)8(13)14/h6H,1-4H2,(H,13,14). The van der Waals surface area contributed by atoms with Crippen molar-refractivity contribution < 1.29 is 9.90 Å². The number of carbonyl (C=O) groups is 1. The Bertz CT molecular complexity index is 387. The molecule has 0 aromatic carbocycles. The fraction of sp³-hybridized carbons (Fsp3) is 0.625. The van der Waals surface area contributed by atoms with Gasteiger partial charge in [0.2, 0.25) is 0 Å². The Balaban J connectivity index is 2.07. The number of aromatic nitrogens is 2. The number of hydrogen-bond acceptors (Lipinski definition) is 6. The van der Waals surface area contributed by atoms with Crippen LogP contribution >= 0.6 is 34.9 Å². The summed E-state index contributed by atoms with van der Waals surface area (Å²) in [4.78, 5) is 12.9. The molecule has 0 saturated carbocycles. The summed E-state index contributed by atoms with van der Waals surface area (Å²) in [5.74, 6) is 0.773. The molecule has 0 spiro atoms. The summed E-state index contributed by atoms with van der Waals surface area (Å²) in [6, 6.07) is -0.448. The predicted octanol–water partition coefficient (Wildman–Crippen LogP) is 1.19. The Morgan fingerprint density at radius 1 is 1.69 bits per heavy atom. The Labute approximate surface area is 106 Å². The summed E-state index contributed by atoms with van der Waals surface area (Å²) in [5.41, 5.74) is 0.671. The van der Waals surface area contributed by atoms with Crippen LogP contribution in [0.3, 0.4) is 0 Å². The zero-order valence-electron chi connectivity index (χ0n) is 8.30. The maximum absolute atomic E-state index is 11.1. The Hall–Kier alpha value is -0.370. The third-order valence-corrected chi connectivity index (χ3v) is 4.39. The highest BCUT2D eigenvalue weighted by Crippen LogP contribution is 2.23. The maximum Gasteiger partial charge on any atom is 0.321 e. The van der Waals surface area contributed by atoms with Gasteiger partial charge in [0, 0.05) is 36.1 Å². The zero-order chi connectivity index (χ0) is 11.5. The third-order valence-electron chi connectivity index (χ3n) is 2.39. The van der Waals surface area contributed by atoms with Gasteiger partial charge in [-0.2, -0.15) is 11.8 Å². The largest absolute Gasteiger partial charge is 0.480 e. The second-order valence-corrected chi connectivity index (χ2v) is 5.90. The summed E-state index contributed by atoms with van der Waals surface area (Å²) in [7, 11) is 0. The number of carboxylic acid groups (broad SMARTS) is 1. The van der Waals surface area contributed by atoms with Crippen LogP contribution in [0.25, 0.3) is 0 Å². The lowest BCUT2D eigenvalue weighted by Gasteiger charge is -2.31. The van der Waals surface area contributed by atoms with Gasteiger partial charge >= 0.3 is 5.97 Å². The molecule has 88 valence electrons. The Morgan fingerprint density at radius 3 is 3.12 bits per heavy atom. The van der Waals surface area contributed by atoms with Crippen LogP contribution in [0.1, 0.15) is 5.69 Å². The first-order chi connectivity index (χ1) is 7.68. The second-order valence-electron chi connectivity index (χ2n) is 3.39. The van der Waals surface area contributed by atoms with Crippen molar-refractivity contribution in [3.05, 3.63) is 10.0 Å². The van der Waals surface area contributed by atoms with E-state index in [0.29, 0.717) is 22.3 Å². The predicted molar refractivity (Wildman–Crippen MR) is 64.1 cm³/mol. The number of rotatable bonds is 3. The van der Waals surface area contributed by atoms with E-state index in [1.807, 2.05) is 4.90 Å². The molecule has 1 aliphatic heterocycles. The number of halogens is 1. The fourth-order valence-electron chi connectivity index (χ4n) is 1.54. The highest BCUT2D eigenvalue weighted by molar-refractivity contribution is 7.99. The van der Waals surface area contributed by atoms with Gasteiger partial charge in [-0.05, 0) is 0 Å². The van der Waals surface area contributed by atoms with E-state index in [1.54, 1.807) is 11.8 Å². The molecule has 8 heteroatoms. The molecular formula is C8H10ClN3O2S2. The van der Waals surface area contributed by atoms with Gasteiger partial charge in [0.15, 0.2) is 0 Å². The van der Waals surface area contributed by atoms with Gasteiger partial charge in [0.1, 0.15) is 16.1 Å². The van der Waals surface area contributed by atoms with Crippen LogP contribution in [0.15, 0.2) is 0 Å². The van der Waals surface area contributed by atoms with E-state index in [0.717, 1.165) is 23.8 Å². The summed E-state index contributed by atoms with van der Waals surface area (Å²) >= 11 is 8.69. The monoisotopic (exact) mass is 279 g/mol. The molecule has 1 N–H and O–H groups in total. The second kappa shape index (κ2) is 5.31. The molecule has 2 heterocycles. The van der Waals surface area contributed by atoms with Crippen molar-refractivity contribution in [2.75, 3.05) is 18.1 Å². The van der Waals surface area contributed by atoms with Crippen molar-refractivity contribution >= 4 is 40.9 Å². The normalized spacial score (nSPS) is 22.2. The molecule has 0 bridgehead atoms. The minimum atomic E-state index is -0.786. The van der Waals surface area contributed by atoms with E-state index < -0.39 is 12.0 Å². The van der Waals surface area contributed by atoms with Gasteiger partial charge in [-0.1, -0.05) is 16.1 Å². The Morgan fingerprint density at radius 2 is 2.50 bits per heavy atom. The van der Waals surface area contributed by atoms with Crippen LogP contribution < -0.4 is 0 Å². The summed E-state index contributed by atoms with van der Waals surface area (Å²) in [5, 5.41) is 13.0. The molecule has 16 heavy (non-hydrogen) atoms. The van der Waals surface area contributed by atoms with E-state index in [-0.39, 0.29) is 0 Å². The van der Waals surface area contributed by atoms with Crippen molar-refractivity contribution in [2.45, 2.75) is 12.6 Å². The fourth-order valence-corrected chi connectivity index (χ4v) is 3.26. The molecule has 5 nitrogen and oxygen atoms in total. The molecule has 1 unspecified atom stereocenters. The third kappa shape index (κ3) is 2.65. The lowest BCUT2D eigenvalue weighted by molar-refractivity contribution is -0.142. The first-order valence-electron chi connectivity index (χ1n) is 4.70. The SMILES string of the molecule is O=C(O)C1CSCCN1Cc1nnsc1Cl. The van der Waals surface area contributed by atoms with Crippen molar-refractivity contribution in [3.8, 4) is 0 Å². The van der Waals surface area contributed by atoms with Gasteiger partial charge in [-0.15, -0.1) is 5.10 Å². The van der Waals surface area contributed by atoms with Crippen molar-refractivity contribution in [1.29, 1.82) is 0 Å². The highest BCUT2D eigenvalue weighted by atomic mass is 35.5. The minimum absolute atomic E-state index is 0.448. The lowest BCUT2D eigenvalue weighted by atomic mass is 10.2. The van der Waals surface area contributed by atoms with E-state index in [1.165, 1.54) is 0 Å². The van der Waals surface area contributed by atoms with Crippen LogP contribution in [0.4, 0.5) is 0 Å². The molecule has 2 rings (SSSR count). The van der Waals surface area contributed by atoms with Gasteiger partial charge in [0.05, 0.1) is 0 Å². The van der Waals surface area contributed by atoms with E-state index in [2.05, 4.69) is 9.59 Å². The zero-order valence-corrected chi connectivity index (χ0v) is 10.7.